The zero-order valence-electron chi connectivity index (χ0n) is 16.1. The highest BCUT2D eigenvalue weighted by Gasteiger charge is 2.25. The standard InChI is InChI=1S/C21H25N5OS/c1-15-5-6-16-17(13-22)21(28-18(16)12-15)24-20(27)14-25-8-10-26(11-9-25)19-4-2-3-7-23-19/h2-4,7,15H,5-6,8-12,14H2,1H3,(H,24,27)/t15-/m0/s1. The molecule has 1 aliphatic carbocycles. The van der Waals surface area contributed by atoms with Gasteiger partial charge in [0.25, 0.3) is 0 Å². The predicted molar refractivity (Wildman–Crippen MR) is 112 cm³/mol. The largest absolute Gasteiger partial charge is 0.354 e. The molecule has 1 N–H and O–H groups in total. The lowest BCUT2D eigenvalue weighted by atomic mass is 9.89. The number of fused-ring (bicyclic) bond motifs is 1. The fraction of sp³-hybridized carbons (Fsp3) is 0.476. The molecule has 146 valence electrons. The molecule has 1 atom stereocenters. The van der Waals surface area contributed by atoms with Gasteiger partial charge < -0.3 is 10.2 Å². The van der Waals surface area contributed by atoms with Crippen molar-refractivity contribution in [2.45, 2.75) is 26.2 Å². The molecule has 0 unspecified atom stereocenters. The van der Waals surface area contributed by atoms with Crippen LogP contribution in [0.25, 0.3) is 0 Å². The molecule has 2 aromatic rings. The Hall–Kier alpha value is -2.43. The minimum absolute atomic E-state index is 0.0329. The van der Waals surface area contributed by atoms with Crippen LogP contribution < -0.4 is 10.2 Å². The molecule has 2 aliphatic rings. The number of nitrogens with zero attached hydrogens (tertiary/aromatic N) is 4. The van der Waals surface area contributed by atoms with Gasteiger partial charge >= 0.3 is 0 Å². The maximum absolute atomic E-state index is 12.6. The number of aromatic nitrogens is 1. The average Bonchev–Trinajstić information content (AvgIpc) is 3.04. The fourth-order valence-electron chi connectivity index (χ4n) is 4.00. The van der Waals surface area contributed by atoms with E-state index in [4.69, 9.17) is 0 Å². The van der Waals surface area contributed by atoms with Gasteiger partial charge in [0.05, 0.1) is 12.1 Å². The zero-order valence-corrected chi connectivity index (χ0v) is 17.0. The SMILES string of the molecule is C[C@H]1CCc2c(sc(NC(=O)CN3CCN(c4ccccn4)CC3)c2C#N)C1. The molecular weight excluding hydrogens is 370 g/mol. The van der Waals surface area contributed by atoms with E-state index < -0.39 is 0 Å². The summed E-state index contributed by atoms with van der Waals surface area (Å²) in [7, 11) is 0. The summed E-state index contributed by atoms with van der Waals surface area (Å²) >= 11 is 1.59. The minimum atomic E-state index is -0.0329. The molecule has 28 heavy (non-hydrogen) atoms. The fourth-order valence-corrected chi connectivity index (χ4v) is 5.38. The monoisotopic (exact) mass is 395 g/mol. The quantitative estimate of drug-likeness (QED) is 0.862. The number of anilines is 2. The second-order valence-corrected chi connectivity index (χ2v) is 8.77. The molecule has 0 bridgehead atoms. The number of nitrogens with one attached hydrogen (secondary N) is 1. The van der Waals surface area contributed by atoms with E-state index in [1.165, 1.54) is 4.88 Å². The summed E-state index contributed by atoms with van der Waals surface area (Å²) in [4.78, 5) is 22.7. The van der Waals surface area contributed by atoms with Crippen LogP contribution in [0.2, 0.25) is 0 Å². The lowest BCUT2D eigenvalue weighted by Gasteiger charge is -2.34. The van der Waals surface area contributed by atoms with Crippen LogP contribution in [0.3, 0.4) is 0 Å². The Morgan fingerprint density at radius 1 is 1.36 bits per heavy atom. The van der Waals surface area contributed by atoms with Gasteiger partial charge in [-0.25, -0.2) is 4.98 Å². The van der Waals surface area contributed by atoms with Gasteiger partial charge in [-0.1, -0.05) is 13.0 Å². The lowest BCUT2D eigenvalue weighted by Crippen LogP contribution is -2.48. The van der Waals surface area contributed by atoms with Gasteiger partial charge in [-0.05, 0) is 42.9 Å². The van der Waals surface area contributed by atoms with E-state index in [1.807, 2.05) is 24.4 Å². The van der Waals surface area contributed by atoms with E-state index >= 15 is 0 Å². The van der Waals surface area contributed by atoms with E-state index in [1.54, 1.807) is 11.3 Å². The maximum atomic E-state index is 12.6. The number of rotatable bonds is 4. The molecule has 6 nitrogen and oxygen atoms in total. The zero-order chi connectivity index (χ0) is 19.5. The molecule has 0 radical (unpaired) electrons. The van der Waals surface area contributed by atoms with Crippen molar-refractivity contribution in [2.24, 2.45) is 5.92 Å². The number of hydrogen-bond acceptors (Lipinski definition) is 6. The van der Waals surface area contributed by atoms with Crippen LogP contribution in [-0.2, 0) is 17.6 Å². The number of nitriles is 1. The van der Waals surface area contributed by atoms with Crippen molar-refractivity contribution in [2.75, 3.05) is 42.9 Å². The summed E-state index contributed by atoms with van der Waals surface area (Å²) in [5.41, 5.74) is 1.84. The summed E-state index contributed by atoms with van der Waals surface area (Å²) in [6.45, 7) is 5.98. The van der Waals surface area contributed by atoms with Crippen LogP contribution in [0.15, 0.2) is 24.4 Å². The Morgan fingerprint density at radius 2 is 2.18 bits per heavy atom. The van der Waals surface area contributed by atoms with E-state index in [0.29, 0.717) is 18.0 Å². The second kappa shape index (κ2) is 8.29. The summed E-state index contributed by atoms with van der Waals surface area (Å²) in [5, 5.41) is 13.3. The molecule has 1 amide bonds. The van der Waals surface area contributed by atoms with Crippen LogP contribution in [0.4, 0.5) is 10.8 Å². The highest BCUT2D eigenvalue weighted by Crippen LogP contribution is 2.39. The Labute approximate surface area is 169 Å². The van der Waals surface area contributed by atoms with Crippen LogP contribution in [0.5, 0.6) is 0 Å². The molecule has 1 fully saturated rings. The van der Waals surface area contributed by atoms with E-state index in [-0.39, 0.29) is 5.91 Å². The molecule has 1 saturated heterocycles. The normalized spacial score (nSPS) is 19.7. The van der Waals surface area contributed by atoms with Crippen molar-refractivity contribution in [1.82, 2.24) is 9.88 Å². The molecule has 3 heterocycles. The smallest absolute Gasteiger partial charge is 0.239 e. The highest BCUT2D eigenvalue weighted by molar-refractivity contribution is 7.16. The first-order valence-electron chi connectivity index (χ1n) is 9.87. The Bertz CT molecular complexity index is 880. The summed E-state index contributed by atoms with van der Waals surface area (Å²) in [5.74, 6) is 1.61. The first-order valence-corrected chi connectivity index (χ1v) is 10.7. The number of carbonyl (C=O) groups is 1. The number of thiophene rings is 1. The van der Waals surface area contributed by atoms with Crippen molar-refractivity contribution in [1.29, 1.82) is 5.26 Å². The number of carbonyl (C=O) groups excluding carboxylic acids is 1. The van der Waals surface area contributed by atoms with Crippen LogP contribution in [0.1, 0.15) is 29.3 Å². The van der Waals surface area contributed by atoms with Gasteiger partial charge in [0, 0.05) is 37.3 Å². The van der Waals surface area contributed by atoms with Crippen molar-refractivity contribution in [3.63, 3.8) is 0 Å². The van der Waals surface area contributed by atoms with Crippen molar-refractivity contribution in [3.8, 4) is 6.07 Å². The summed E-state index contributed by atoms with van der Waals surface area (Å²) in [6.07, 6.45) is 4.89. The average molecular weight is 396 g/mol. The van der Waals surface area contributed by atoms with Crippen LogP contribution >= 0.6 is 11.3 Å². The Morgan fingerprint density at radius 3 is 2.89 bits per heavy atom. The van der Waals surface area contributed by atoms with E-state index in [0.717, 1.165) is 61.8 Å². The van der Waals surface area contributed by atoms with Crippen molar-refractivity contribution < 1.29 is 4.79 Å². The molecule has 0 spiro atoms. The van der Waals surface area contributed by atoms with Gasteiger partial charge in [0.15, 0.2) is 0 Å². The van der Waals surface area contributed by atoms with Crippen molar-refractivity contribution in [3.05, 3.63) is 40.4 Å². The van der Waals surface area contributed by atoms with Crippen molar-refractivity contribution >= 4 is 28.1 Å². The molecule has 2 aromatic heterocycles. The van der Waals surface area contributed by atoms with Crippen LogP contribution in [-0.4, -0.2) is 48.5 Å². The molecular formula is C21H25N5OS. The molecule has 4 rings (SSSR count). The number of pyridine rings is 1. The Kier molecular flexibility index (Phi) is 5.60. The van der Waals surface area contributed by atoms with Gasteiger partial charge in [-0.2, -0.15) is 5.26 Å². The second-order valence-electron chi connectivity index (χ2n) is 7.67. The number of amides is 1. The first kappa shape index (κ1) is 18.9. The summed E-state index contributed by atoms with van der Waals surface area (Å²) < 4.78 is 0. The molecule has 7 heteroatoms. The number of hydrogen-bond donors (Lipinski definition) is 1. The molecule has 0 saturated carbocycles. The van der Waals surface area contributed by atoms with Gasteiger partial charge in [0.1, 0.15) is 16.9 Å². The third-order valence-corrected chi connectivity index (χ3v) is 6.76. The molecule has 1 aliphatic heterocycles. The Balaban J connectivity index is 1.34. The third kappa shape index (κ3) is 4.03. The molecule has 0 aromatic carbocycles. The van der Waals surface area contributed by atoms with Gasteiger partial charge in [0.2, 0.25) is 5.91 Å². The van der Waals surface area contributed by atoms with Gasteiger partial charge in [-0.15, -0.1) is 11.3 Å². The topological polar surface area (TPSA) is 72.3 Å². The van der Waals surface area contributed by atoms with E-state index in [2.05, 4.69) is 33.1 Å². The van der Waals surface area contributed by atoms with Gasteiger partial charge in [-0.3, -0.25) is 9.69 Å². The predicted octanol–water partition coefficient (Wildman–Crippen LogP) is 2.90. The summed E-state index contributed by atoms with van der Waals surface area (Å²) in [6, 6.07) is 8.25. The highest BCUT2D eigenvalue weighted by atomic mass is 32.1. The first-order chi connectivity index (χ1) is 13.6. The van der Waals surface area contributed by atoms with Crippen LogP contribution in [0, 0.1) is 17.2 Å². The maximum Gasteiger partial charge on any atom is 0.239 e. The lowest BCUT2D eigenvalue weighted by molar-refractivity contribution is -0.117. The third-order valence-electron chi connectivity index (χ3n) is 5.59. The van der Waals surface area contributed by atoms with E-state index in [9.17, 15) is 10.1 Å². The minimum Gasteiger partial charge on any atom is -0.354 e. The number of piperazine rings is 1.